The van der Waals surface area contributed by atoms with Crippen molar-refractivity contribution >= 4 is 33.1 Å². The second-order valence-electron chi connectivity index (χ2n) is 6.66. The zero-order valence-corrected chi connectivity index (χ0v) is 17.1. The van der Waals surface area contributed by atoms with Gasteiger partial charge in [0.15, 0.2) is 0 Å². The number of fused-ring (bicyclic) bond motifs is 1. The fourth-order valence-corrected chi connectivity index (χ4v) is 4.08. The van der Waals surface area contributed by atoms with Crippen molar-refractivity contribution in [2.45, 2.75) is 13.0 Å². The molecule has 0 spiro atoms. The lowest BCUT2D eigenvalue weighted by atomic mass is 10.1. The van der Waals surface area contributed by atoms with Crippen LogP contribution < -0.4 is 15.6 Å². The number of ether oxygens (including phenoxy) is 1. The first-order chi connectivity index (χ1) is 14.5. The summed E-state index contributed by atoms with van der Waals surface area (Å²) in [7, 11) is 1.52. The van der Waals surface area contributed by atoms with Crippen LogP contribution in [0.2, 0.25) is 0 Å². The smallest absolute Gasteiger partial charge is 0.263 e. The van der Waals surface area contributed by atoms with Gasteiger partial charge in [-0.05, 0) is 36.8 Å². The molecule has 4 aromatic rings. The number of para-hydroxylation sites is 2. The molecule has 0 bridgehead atoms. The van der Waals surface area contributed by atoms with E-state index < -0.39 is 6.04 Å². The number of methoxy groups -OCH3 is 1. The minimum Gasteiger partial charge on any atom is -0.495 e. The predicted molar refractivity (Wildman–Crippen MR) is 116 cm³/mol. The Morgan fingerprint density at radius 2 is 1.93 bits per heavy atom. The zero-order valence-electron chi connectivity index (χ0n) is 16.3. The van der Waals surface area contributed by atoms with Gasteiger partial charge in [0.1, 0.15) is 22.4 Å². The summed E-state index contributed by atoms with van der Waals surface area (Å²) in [6.07, 6.45) is 1.38. The number of halogens is 1. The summed E-state index contributed by atoms with van der Waals surface area (Å²) in [5.74, 6) is -0.202. The molecule has 0 aliphatic rings. The molecule has 2 heterocycles. The maximum absolute atomic E-state index is 13.3. The summed E-state index contributed by atoms with van der Waals surface area (Å²) in [5, 5.41) is 5.01. The summed E-state index contributed by atoms with van der Waals surface area (Å²) in [4.78, 5) is 30.9. The van der Waals surface area contributed by atoms with Gasteiger partial charge >= 0.3 is 0 Å². The SMILES string of the molecule is COc1ccccc1NC(=O)C(C)n1cnc2scc(-c3ccc(F)cc3)c2c1=O. The summed E-state index contributed by atoms with van der Waals surface area (Å²) in [6.45, 7) is 1.63. The number of benzene rings is 2. The number of carbonyl (C=O) groups excluding carboxylic acids is 1. The highest BCUT2D eigenvalue weighted by Crippen LogP contribution is 2.31. The first-order valence-corrected chi connectivity index (χ1v) is 10.1. The lowest BCUT2D eigenvalue weighted by molar-refractivity contribution is -0.118. The van der Waals surface area contributed by atoms with Crippen molar-refractivity contribution < 1.29 is 13.9 Å². The van der Waals surface area contributed by atoms with Gasteiger partial charge in [-0.15, -0.1) is 11.3 Å². The van der Waals surface area contributed by atoms with Gasteiger partial charge in [-0.1, -0.05) is 24.3 Å². The molecule has 1 atom stereocenters. The van der Waals surface area contributed by atoms with Crippen LogP contribution in [0.4, 0.5) is 10.1 Å². The Morgan fingerprint density at radius 1 is 1.20 bits per heavy atom. The van der Waals surface area contributed by atoms with Gasteiger partial charge in [0.05, 0.1) is 24.5 Å². The maximum atomic E-state index is 13.3. The van der Waals surface area contributed by atoms with E-state index in [0.29, 0.717) is 32.8 Å². The van der Waals surface area contributed by atoms with E-state index in [0.717, 1.165) is 0 Å². The number of carbonyl (C=O) groups is 1. The number of hydrogen-bond acceptors (Lipinski definition) is 5. The van der Waals surface area contributed by atoms with Gasteiger partial charge in [0.2, 0.25) is 5.91 Å². The van der Waals surface area contributed by atoms with Crippen LogP contribution in [0.3, 0.4) is 0 Å². The highest BCUT2D eigenvalue weighted by molar-refractivity contribution is 7.17. The third-order valence-corrected chi connectivity index (χ3v) is 5.72. The Labute approximate surface area is 175 Å². The molecule has 0 saturated heterocycles. The number of nitrogens with one attached hydrogen (secondary N) is 1. The average Bonchev–Trinajstić information content (AvgIpc) is 3.19. The van der Waals surface area contributed by atoms with E-state index >= 15 is 0 Å². The van der Waals surface area contributed by atoms with Gasteiger partial charge in [-0.2, -0.15) is 0 Å². The van der Waals surface area contributed by atoms with Crippen molar-refractivity contribution in [2.75, 3.05) is 12.4 Å². The van der Waals surface area contributed by atoms with Crippen LogP contribution >= 0.6 is 11.3 Å². The molecule has 0 saturated carbocycles. The third kappa shape index (κ3) is 3.57. The summed E-state index contributed by atoms with van der Waals surface area (Å²) in [5.41, 5.74) is 1.56. The molecule has 8 heteroatoms. The third-order valence-electron chi connectivity index (χ3n) is 4.84. The minimum absolute atomic E-state index is 0.330. The molecule has 4 rings (SSSR count). The Bertz CT molecular complexity index is 1280. The van der Waals surface area contributed by atoms with E-state index in [1.807, 2.05) is 5.38 Å². The van der Waals surface area contributed by atoms with E-state index in [9.17, 15) is 14.0 Å². The number of thiophene rings is 1. The molecule has 2 aromatic heterocycles. The number of amides is 1. The van der Waals surface area contributed by atoms with Crippen molar-refractivity contribution in [3.05, 3.63) is 76.4 Å². The van der Waals surface area contributed by atoms with E-state index in [1.54, 1.807) is 43.3 Å². The minimum atomic E-state index is -0.805. The Kier molecular flexibility index (Phi) is 5.33. The van der Waals surface area contributed by atoms with Crippen LogP contribution in [0.1, 0.15) is 13.0 Å². The van der Waals surface area contributed by atoms with E-state index in [2.05, 4.69) is 10.3 Å². The molecule has 6 nitrogen and oxygen atoms in total. The number of aromatic nitrogens is 2. The Balaban J connectivity index is 1.71. The lowest BCUT2D eigenvalue weighted by Crippen LogP contribution is -2.31. The van der Waals surface area contributed by atoms with Crippen LogP contribution in [-0.4, -0.2) is 22.6 Å². The second kappa shape index (κ2) is 8.08. The molecule has 2 aromatic carbocycles. The fraction of sp³-hybridized carbons (Fsp3) is 0.136. The van der Waals surface area contributed by atoms with E-state index in [4.69, 9.17) is 4.74 Å². The quantitative estimate of drug-likeness (QED) is 0.514. The standard InChI is InChI=1S/C22H18FN3O3S/c1-13(20(27)25-17-5-3-4-6-18(17)29-2)26-12-24-21-19(22(26)28)16(11-30-21)14-7-9-15(23)10-8-14/h3-13H,1-2H3,(H,25,27). The van der Waals surface area contributed by atoms with E-state index in [-0.39, 0.29) is 17.3 Å². The topological polar surface area (TPSA) is 73.2 Å². The average molecular weight is 423 g/mol. The van der Waals surface area contributed by atoms with Crippen molar-refractivity contribution in [3.8, 4) is 16.9 Å². The van der Waals surface area contributed by atoms with Crippen LogP contribution in [0.15, 0.2) is 65.0 Å². The Hall–Kier alpha value is -3.52. The second-order valence-corrected chi connectivity index (χ2v) is 7.52. The maximum Gasteiger partial charge on any atom is 0.263 e. The Morgan fingerprint density at radius 3 is 2.67 bits per heavy atom. The molecular weight excluding hydrogens is 405 g/mol. The summed E-state index contributed by atoms with van der Waals surface area (Å²) in [6, 6.07) is 12.2. The normalized spacial score (nSPS) is 12.0. The summed E-state index contributed by atoms with van der Waals surface area (Å²) >= 11 is 1.33. The van der Waals surface area contributed by atoms with Crippen molar-refractivity contribution in [3.63, 3.8) is 0 Å². The molecule has 1 amide bonds. The van der Waals surface area contributed by atoms with Crippen molar-refractivity contribution in [1.29, 1.82) is 0 Å². The number of rotatable bonds is 5. The van der Waals surface area contributed by atoms with Gasteiger partial charge in [0, 0.05) is 10.9 Å². The fourth-order valence-electron chi connectivity index (χ4n) is 3.17. The first-order valence-electron chi connectivity index (χ1n) is 9.17. The van der Waals surface area contributed by atoms with Crippen molar-refractivity contribution in [2.24, 2.45) is 0 Å². The first kappa shape index (κ1) is 19.8. The van der Waals surface area contributed by atoms with Crippen LogP contribution in [0.5, 0.6) is 5.75 Å². The highest BCUT2D eigenvalue weighted by atomic mass is 32.1. The molecule has 0 radical (unpaired) electrons. The number of hydrogen-bond donors (Lipinski definition) is 1. The number of nitrogens with zero attached hydrogens (tertiary/aromatic N) is 2. The van der Waals surface area contributed by atoms with Crippen LogP contribution in [0.25, 0.3) is 21.3 Å². The molecule has 1 unspecified atom stereocenters. The van der Waals surface area contributed by atoms with Crippen LogP contribution in [-0.2, 0) is 4.79 Å². The molecule has 152 valence electrons. The van der Waals surface area contributed by atoms with Gasteiger partial charge < -0.3 is 10.1 Å². The lowest BCUT2D eigenvalue weighted by Gasteiger charge is -2.16. The molecular formula is C22H18FN3O3S. The van der Waals surface area contributed by atoms with Crippen LogP contribution in [0, 0.1) is 5.82 Å². The van der Waals surface area contributed by atoms with Crippen molar-refractivity contribution in [1.82, 2.24) is 9.55 Å². The molecule has 0 fully saturated rings. The molecule has 30 heavy (non-hydrogen) atoms. The predicted octanol–water partition coefficient (Wildman–Crippen LogP) is 4.47. The van der Waals surface area contributed by atoms with E-state index in [1.165, 1.54) is 41.5 Å². The largest absolute Gasteiger partial charge is 0.495 e. The van der Waals surface area contributed by atoms with Gasteiger partial charge in [0.25, 0.3) is 5.56 Å². The molecule has 1 N–H and O–H groups in total. The van der Waals surface area contributed by atoms with Gasteiger partial charge in [-0.3, -0.25) is 14.2 Å². The van der Waals surface area contributed by atoms with Gasteiger partial charge in [-0.25, -0.2) is 9.37 Å². The number of anilines is 1. The molecule has 0 aliphatic heterocycles. The molecule has 0 aliphatic carbocycles. The monoisotopic (exact) mass is 423 g/mol. The highest BCUT2D eigenvalue weighted by Gasteiger charge is 2.21. The summed E-state index contributed by atoms with van der Waals surface area (Å²) < 4.78 is 19.8. The zero-order chi connectivity index (χ0) is 21.3.